The van der Waals surface area contributed by atoms with Crippen LogP contribution in [0.2, 0.25) is 0 Å². The molecule has 0 spiro atoms. The summed E-state index contributed by atoms with van der Waals surface area (Å²) in [5, 5.41) is 5.02. The van der Waals surface area contributed by atoms with Crippen molar-refractivity contribution in [1.82, 2.24) is 4.90 Å². The third-order valence-electron chi connectivity index (χ3n) is 7.11. The molecule has 0 saturated heterocycles. The lowest BCUT2D eigenvalue weighted by Crippen LogP contribution is -2.35. The number of benzene rings is 4. The van der Waals surface area contributed by atoms with Crippen LogP contribution >= 0.6 is 0 Å². The van der Waals surface area contributed by atoms with Crippen molar-refractivity contribution in [2.45, 2.75) is 25.8 Å². The Morgan fingerprint density at radius 3 is 2.45 bits per heavy atom. The third kappa shape index (κ3) is 4.96. The van der Waals surface area contributed by atoms with Gasteiger partial charge in [-0.15, -0.1) is 0 Å². The molecular formula is C33H28N2O3. The Kier molecular flexibility index (Phi) is 6.49. The maximum Gasteiger partial charge on any atom is 0.254 e. The van der Waals surface area contributed by atoms with E-state index in [1.54, 1.807) is 0 Å². The SMILES string of the molecule is O=C(CCc1ccccc1)Nc1ccc(-c2cc3c(o2)CCN(C(=O)c2cccc4ccccc24)C3)cc1. The molecule has 4 aromatic carbocycles. The Bertz CT molecular complexity index is 1600. The zero-order chi connectivity index (χ0) is 25.9. The van der Waals surface area contributed by atoms with E-state index >= 15 is 0 Å². The van der Waals surface area contributed by atoms with Crippen molar-refractivity contribution in [2.75, 3.05) is 11.9 Å². The number of nitrogens with one attached hydrogen (secondary N) is 1. The minimum absolute atomic E-state index is 0.00832. The number of rotatable bonds is 6. The Balaban J connectivity index is 1.11. The largest absolute Gasteiger partial charge is 0.461 e. The number of aryl methyl sites for hydroxylation is 1. The fourth-order valence-corrected chi connectivity index (χ4v) is 5.07. The fourth-order valence-electron chi connectivity index (χ4n) is 5.07. The van der Waals surface area contributed by atoms with Crippen LogP contribution in [0.3, 0.4) is 0 Å². The van der Waals surface area contributed by atoms with Gasteiger partial charge in [-0.25, -0.2) is 0 Å². The van der Waals surface area contributed by atoms with Crippen LogP contribution in [0.4, 0.5) is 5.69 Å². The van der Waals surface area contributed by atoms with E-state index in [1.165, 1.54) is 0 Å². The van der Waals surface area contributed by atoms with Crippen molar-refractivity contribution in [3.05, 3.63) is 126 Å². The molecule has 0 radical (unpaired) electrons. The summed E-state index contributed by atoms with van der Waals surface area (Å²) in [6.07, 6.45) is 1.83. The first-order chi connectivity index (χ1) is 18.6. The van der Waals surface area contributed by atoms with Gasteiger partial charge in [-0.1, -0.05) is 66.7 Å². The molecule has 5 aromatic rings. The molecule has 0 bridgehead atoms. The summed E-state index contributed by atoms with van der Waals surface area (Å²) in [6.45, 7) is 1.15. The van der Waals surface area contributed by atoms with Crippen molar-refractivity contribution >= 4 is 28.3 Å². The highest BCUT2D eigenvalue weighted by atomic mass is 16.3. The quantitative estimate of drug-likeness (QED) is 0.277. The van der Waals surface area contributed by atoms with Crippen LogP contribution in [-0.4, -0.2) is 23.3 Å². The number of anilines is 1. The van der Waals surface area contributed by atoms with Crippen LogP contribution in [0.5, 0.6) is 0 Å². The Morgan fingerprint density at radius 1 is 0.842 bits per heavy atom. The van der Waals surface area contributed by atoms with E-state index < -0.39 is 0 Å². The van der Waals surface area contributed by atoms with Crippen molar-refractivity contribution in [2.24, 2.45) is 0 Å². The average Bonchev–Trinajstić information content (AvgIpc) is 3.40. The van der Waals surface area contributed by atoms with Gasteiger partial charge in [-0.05, 0) is 59.2 Å². The first-order valence-corrected chi connectivity index (χ1v) is 13.0. The molecule has 1 aromatic heterocycles. The molecular weight excluding hydrogens is 472 g/mol. The zero-order valence-corrected chi connectivity index (χ0v) is 21.0. The molecule has 6 rings (SSSR count). The van der Waals surface area contributed by atoms with E-state index in [9.17, 15) is 9.59 Å². The summed E-state index contributed by atoms with van der Waals surface area (Å²) in [6, 6.07) is 33.6. The van der Waals surface area contributed by atoms with Crippen LogP contribution in [0.25, 0.3) is 22.1 Å². The lowest BCUT2D eigenvalue weighted by Gasteiger charge is -2.26. The number of carbonyl (C=O) groups is 2. The monoisotopic (exact) mass is 500 g/mol. The molecule has 0 aliphatic carbocycles. The van der Waals surface area contributed by atoms with Crippen LogP contribution < -0.4 is 5.32 Å². The van der Waals surface area contributed by atoms with Gasteiger partial charge < -0.3 is 14.6 Å². The Hall–Kier alpha value is -4.64. The molecule has 0 atom stereocenters. The summed E-state index contributed by atoms with van der Waals surface area (Å²) >= 11 is 0. The van der Waals surface area contributed by atoms with Gasteiger partial charge in [0.2, 0.25) is 5.91 Å². The smallest absolute Gasteiger partial charge is 0.254 e. The molecule has 2 heterocycles. The molecule has 188 valence electrons. The molecule has 1 aliphatic heterocycles. The topological polar surface area (TPSA) is 62.6 Å². The van der Waals surface area contributed by atoms with E-state index in [0.717, 1.165) is 50.2 Å². The lowest BCUT2D eigenvalue weighted by molar-refractivity contribution is -0.116. The number of furan rings is 1. The zero-order valence-electron chi connectivity index (χ0n) is 21.0. The first-order valence-electron chi connectivity index (χ1n) is 13.0. The maximum absolute atomic E-state index is 13.4. The molecule has 0 saturated carbocycles. The van der Waals surface area contributed by atoms with E-state index in [2.05, 4.69) is 5.32 Å². The highest BCUT2D eigenvalue weighted by Crippen LogP contribution is 2.31. The number of amides is 2. The molecule has 5 nitrogen and oxygen atoms in total. The van der Waals surface area contributed by atoms with Crippen molar-refractivity contribution < 1.29 is 14.0 Å². The van der Waals surface area contributed by atoms with Crippen LogP contribution in [0, 0.1) is 0 Å². The Labute approximate surface area is 221 Å². The molecule has 1 N–H and O–H groups in total. The lowest BCUT2D eigenvalue weighted by atomic mass is 10.0. The summed E-state index contributed by atoms with van der Waals surface area (Å²) < 4.78 is 6.18. The van der Waals surface area contributed by atoms with Crippen molar-refractivity contribution in [3.8, 4) is 11.3 Å². The summed E-state index contributed by atoms with van der Waals surface area (Å²) in [7, 11) is 0. The van der Waals surface area contributed by atoms with E-state index in [4.69, 9.17) is 4.42 Å². The molecule has 0 fully saturated rings. The van der Waals surface area contributed by atoms with Gasteiger partial charge in [0.05, 0.1) is 0 Å². The predicted octanol–water partition coefficient (Wildman–Crippen LogP) is 6.87. The van der Waals surface area contributed by atoms with Crippen LogP contribution in [0.1, 0.15) is 33.7 Å². The highest BCUT2D eigenvalue weighted by molar-refractivity contribution is 6.07. The number of nitrogens with zero attached hydrogens (tertiary/aromatic N) is 1. The summed E-state index contributed by atoms with van der Waals surface area (Å²) in [5.74, 6) is 1.74. The third-order valence-corrected chi connectivity index (χ3v) is 7.11. The highest BCUT2D eigenvalue weighted by Gasteiger charge is 2.26. The molecule has 2 amide bonds. The second-order valence-corrected chi connectivity index (χ2v) is 9.67. The molecule has 1 aliphatic rings. The average molecular weight is 501 g/mol. The van der Waals surface area contributed by atoms with Gasteiger partial charge in [-0.2, -0.15) is 0 Å². The normalized spacial score (nSPS) is 12.8. The number of hydrogen-bond acceptors (Lipinski definition) is 3. The van der Waals surface area contributed by atoms with E-state index in [0.29, 0.717) is 32.4 Å². The minimum atomic E-state index is -0.00832. The second-order valence-electron chi connectivity index (χ2n) is 9.67. The first kappa shape index (κ1) is 23.7. The van der Waals surface area contributed by atoms with E-state index in [1.807, 2.05) is 108 Å². The number of carbonyl (C=O) groups excluding carboxylic acids is 2. The van der Waals surface area contributed by atoms with Gasteiger partial charge in [0, 0.05) is 48.3 Å². The van der Waals surface area contributed by atoms with Gasteiger partial charge in [0.1, 0.15) is 11.5 Å². The number of hydrogen-bond donors (Lipinski definition) is 1. The standard InChI is InChI=1S/C33H28N2O3/c36-32(18-13-23-7-2-1-3-8-23)34-27-16-14-25(15-17-27)31-21-26-22-35(20-19-30(26)38-31)33(37)29-12-6-10-24-9-4-5-11-28(24)29/h1-12,14-17,21H,13,18-20,22H2,(H,34,36). The summed E-state index contributed by atoms with van der Waals surface area (Å²) in [4.78, 5) is 27.7. The second kappa shape index (κ2) is 10.4. The van der Waals surface area contributed by atoms with Crippen molar-refractivity contribution in [1.29, 1.82) is 0 Å². The maximum atomic E-state index is 13.4. The van der Waals surface area contributed by atoms with E-state index in [-0.39, 0.29) is 11.8 Å². The molecule has 38 heavy (non-hydrogen) atoms. The summed E-state index contributed by atoms with van der Waals surface area (Å²) in [5.41, 5.74) is 4.62. The van der Waals surface area contributed by atoms with Crippen LogP contribution in [-0.2, 0) is 24.2 Å². The van der Waals surface area contributed by atoms with Gasteiger partial charge in [0.25, 0.3) is 5.91 Å². The molecule has 5 heteroatoms. The van der Waals surface area contributed by atoms with Crippen molar-refractivity contribution in [3.63, 3.8) is 0 Å². The van der Waals surface area contributed by atoms with Gasteiger partial charge >= 0.3 is 0 Å². The minimum Gasteiger partial charge on any atom is -0.461 e. The predicted molar refractivity (Wildman–Crippen MR) is 150 cm³/mol. The van der Waals surface area contributed by atoms with Gasteiger partial charge in [0.15, 0.2) is 0 Å². The van der Waals surface area contributed by atoms with Crippen LogP contribution in [0.15, 0.2) is 108 Å². The van der Waals surface area contributed by atoms with Gasteiger partial charge in [-0.3, -0.25) is 9.59 Å². The fraction of sp³-hybridized carbons (Fsp3) is 0.152. The molecule has 0 unspecified atom stereocenters. The Morgan fingerprint density at radius 2 is 1.61 bits per heavy atom. The number of fused-ring (bicyclic) bond motifs is 2.